The second-order valence-corrected chi connectivity index (χ2v) is 4.56. The van der Waals surface area contributed by atoms with Gasteiger partial charge in [-0.1, -0.05) is 37.3 Å². The molecule has 0 radical (unpaired) electrons. The number of nitrogens with zero attached hydrogens (tertiary/aromatic N) is 1. The predicted octanol–water partition coefficient (Wildman–Crippen LogP) is 1.59. The van der Waals surface area contributed by atoms with Gasteiger partial charge in [-0.25, -0.2) is 0 Å². The summed E-state index contributed by atoms with van der Waals surface area (Å²) in [6, 6.07) is 8.21. The van der Waals surface area contributed by atoms with Crippen molar-refractivity contribution in [2.45, 2.75) is 26.3 Å². The van der Waals surface area contributed by atoms with Crippen LogP contribution in [0.5, 0.6) is 0 Å². The van der Waals surface area contributed by atoms with Crippen LogP contribution in [0.3, 0.4) is 0 Å². The van der Waals surface area contributed by atoms with Crippen LogP contribution in [0.15, 0.2) is 24.3 Å². The van der Waals surface area contributed by atoms with Gasteiger partial charge in [0.15, 0.2) is 0 Å². The molecule has 0 aliphatic rings. The van der Waals surface area contributed by atoms with Gasteiger partial charge < -0.3 is 10.8 Å². The van der Waals surface area contributed by atoms with Crippen LogP contribution >= 0.6 is 0 Å². The van der Waals surface area contributed by atoms with Crippen LogP contribution in [-0.2, 0) is 6.54 Å². The highest BCUT2D eigenvalue weighted by Crippen LogP contribution is 2.08. The number of hydrogen-bond acceptors (Lipinski definition) is 3. The molecule has 0 aromatic heterocycles. The van der Waals surface area contributed by atoms with Gasteiger partial charge >= 0.3 is 0 Å². The molecule has 19 heavy (non-hydrogen) atoms. The Balaban J connectivity index is 2.67. The fraction of sp³-hybridized carbons (Fsp3) is 0.500. The molecule has 0 atom stereocenters. The Labute approximate surface area is 116 Å². The van der Waals surface area contributed by atoms with Crippen LogP contribution in [-0.4, -0.2) is 36.2 Å². The fourth-order valence-corrected chi connectivity index (χ4v) is 1.95. The van der Waals surface area contributed by atoms with Crippen LogP contribution in [0.2, 0.25) is 0 Å². The lowest BCUT2D eigenvalue weighted by Gasteiger charge is -2.21. The first-order valence-electron chi connectivity index (χ1n) is 6.91. The average molecular weight is 260 g/mol. The molecule has 3 heteroatoms. The Morgan fingerprint density at radius 1 is 1.32 bits per heavy atom. The summed E-state index contributed by atoms with van der Waals surface area (Å²) in [6.45, 7) is 5.38. The number of nitrogens with two attached hydrogens (primary N) is 1. The molecule has 0 amide bonds. The lowest BCUT2D eigenvalue weighted by molar-refractivity contribution is 0.188. The average Bonchev–Trinajstić information content (AvgIpc) is 2.43. The maximum Gasteiger partial charge on any atom is 0.0558 e. The number of aliphatic hydroxyl groups excluding tert-OH is 1. The van der Waals surface area contributed by atoms with Crippen molar-refractivity contribution in [2.75, 3.05) is 26.2 Å². The Kier molecular flexibility index (Phi) is 7.92. The highest BCUT2D eigenvalue weighted by Gasteiger charge is 2.05. The molecule has 0 spiro atoms. The second-order valence-electron chi connectivity index (χ2n) is 4.56. The van der Waals surface area contributed by atoms with Gasteiger partial charge in [-0.15, -0.1) is 0 Å². The zero-order valence-corrected chi connectivity index (χ0v) is 11.7. The van der Waals surface area contributed by atoms with Crippen molar-refractivity contribution in [3.8, 4) is 11.8 Å². The number of benzene rings is 1. The quantitative estimate of drug-likeness (QED) is 0.732. The number of rotatable bonds is 7. The molecule has 0 saturated heterocycles. The van der Waals surface area contributed by atoms with Crippen molar-refractivity contribution >= 4 is 0 Å². The third-order valence-electron chi connectivity index (χ3n) is 2.91. The van der Waals surface area contributed by atoms with Crippen molar-refractivity contribution in [1.82, 2.24) is 4.90 Å². The summed E-state index contributed by atoms with van der Waals surface area (Å²) in [7, 11) is 0. The molecule has 0 unspecified atom stereocenters. The summed E-state index contributed by atoms with van der Waals surface area (Å²) in [4.78, 5) is 2.28. The molecule has 104 valence electrons. The number of aliphatic hydroxyl groups is 1. The SMILES string of the molecule is CCCCN(CCO)Cc1cccc(C#CCN)c1. The minimum absolute atomic E-state index is 0.205. The third-order valence-corrected chi connectivity index (χ3v) is 2.91. The van der Waals surface area contributed by atoms with Gasteiger partial charge in [0.25, 0.3) is 0 Å². The number of hydrogen-bond donors (Lipinski definition) is 2. The molecule has 0 saturated carbocycles. The minimum atomic E-state index is 0.205. The Hall–Kier alpha value is -1.34. The molecule has 3 N–H and O–H groups in total. The van der Waals surface area contributed by atoms with Crippen molar-refractivity contribution in [3.63, 3.8) is 0 Å². The van der Waals surface area contributed by atoms with Gasteiger partial charge in [-0.3, -0.25) is 4.90 Å². The Morgan fingerprint density at radius 2 is 2.16 bits per heavy atom. The van der Waals surface area contributed by atoms with E-state index in [1.165, 1.54) is 12.0 Å². The van der Waals surface area contributed by atoms with E-state index in [0.717, 1.165) is 31.6 Å². The summed E-state index contributed by atoms with van der Waals surface area (Å²) < 4.78 is 0. The zero-order valence-electron chi connectivity index (χ0n) is 11.7. The second kappa shape index (κ2) is 9.57. The molecule has 0 bridgehead atoms. The van der Waals surface area contributed by atoms with Crippen molar-refractivity contribution in [3.05, 3.63) is 35.4 Å². The third kappa shape index (κ3) is 6.40. The van der Waals surface area contributed by atoms with Crippen LogP contribution in [0.25, 0.3) is 0 Å². The Morgan fingerprint density at radius 3 is 2.84 bits per heavy atom. The fourth-order valence-electron chi connectivity index (χ4n) is 1.95. The molecule has 1 rings (SSSR count). The van der Waals surface area contributed by atoms with E-state index in [-0.39, 0.29) is 6.61 Å². The van der Waals surface area contributed by atoms with Crippen molar-refractivity contribution in [2.24, 2.45) is 5.73 Å². The van der Waals surface area contributed by atoms with Gasteiger partial charge in [0.1, 0.15) is 0 Å². The molecule has 0 heterocycles. The predicted molar refractivity (Wildman–Crippen MR) is 79.6 cm³/mol. The summed E-state index contributed by atoms with van der Waals surface area (Å²) in [5.41, 5.74) is 7.61. The smallest absolute Gasteiger partial charge is 0.0558 e. The largest absolute Gasteiger partial charge is 0.395 e. The van der Waals surface area contributed by atoms with Gasteiger partial charge in [0.2, 0.25) is 0 Å². The topological polar surface area (TPSA) is 49.5 Å². The summed E-state index contributed by atoms with van der Waals surface area (Å²) >= 11 is 0. The van der Waals surface area contributed by atoms with Gasteiger partial charge in [-0.05, 0) is 30.7 Å². The highest BCUT2D eigenvalue weighted by atomic mass is 16.3. The van der Waals surface area contributed by atoms with E-state index in [4.69, 9.17) is 10.8 Å². The summed E-state index contributed by atoms with van der Waals surface area (Å²) in [6.07, 6.45) is 2.33. The van der Waals surface area contributed by atoms with Crippen molar-refractivity contribution < 1.29 is 5.11 Å². The zero-order chi connectivity index (χ0) is 13.9. The monoisotopic (exact) mass is 260 g/mol. The maximum atomic E-state index is 9.11. The molecule has 3 nitrogen and oxygen atoms in total. The minimum Gasteiger partial charge on any atom is -0.395 e. The van der Waals surface area contributed by atoms with E-state index in [1.54, 1.807) is 0 Å². The summed E-state index contributed by atoms with van der Waals surface area (Å²) in [5, 5.41) is 9.11. The normalized spacial score (nSPS) is 10.3. The van der Waals surface area contributed by atoms with Gasteiger partial charge in [0.05, 0.1) is 13.2 Å². The lowest BCUT2D eigenvalue weighted by atomic mass is 10.1. The molecular weight excluding hydrogens is 236 g/mol. The summed E-state index contributed by atoms with van der Waals surface area (Å²) in [5.74, 6) is 5.92. The molecule has 0 fully saturated rings. The number of unbranched alkanes of at least 4 members (excludes halogenated alkanes) is 1. The first-order chi connectivity index (χ1) is 9.30. The van der Waals surface area contributed by atoms with Crippen LogP contribution in [0.4, 0.5) is 0 Å². The van der Waals surface area contributed by atoms with Crippen LogP contribution < -0.4 is 5.73 Å². The Bertz CT molecular complexity index is 420. The van der Waals surface area contributed by atoms with E-state index in [0.29, 0.717) is 6.54 Å². The van der Waals surface area contributed by atoms with E-state index < -0.39 is 0 Å². The molecule has 1 aromatic carbocycles. The van der Waals surface area contributed by atoms with E-state index >= 15 is 0 Å². The van der Waals surface area contributed by atoms with Crippen LogP contribution in [0, 0.1) is 11.8 Å². The first-order valence-corrected chi connectivity index (χ1v) is 6.91. The molecule has 0 aliphatic heterocycles. The first kappa shape index (κ1) is 15.7. The van der Waals surface area contributed by atoms with Gasteiger partial charge in [-0.2, -0.15) is 0 Å². The lowest BCUT2D eigenvalue weighted by Crippen LogP contribution is -2.27. The van der Waals surface area contributed by atoms with Crippen molar-refractivity contribution in [1.29, 1.82) is 0 Å². The molecule has 1 aromatic rings. The maximum absolute atomic E-state index is 9.11. The highest BCUT2D eigenvalue weighted by molar-refractivity contribution is 5.37. The van der Waals surface area contributed by atoms with E-state index in [2.05, 4.69) is 35.8 Å². The van der Waals surface area contributed by atoms with Crippen LogP contribution in [0.1, 0.15) is 30.9 Å². The molecular formula is C16H24N2O. The van der Waals surface area contributed by atoms with E-state index in [9.17, 15) is 0 Å². The van der Waals surface area contributed by atoms with Gasteiger partial charge in [0, 0.05) is 18.7 Å². The molecule has 0 aliphatic carbocycles. The van der Waals surface area contributed by atoms with E-state index in [1.807, 2.05) is 12.1 Å². The standard InChI is InChI=1S/C16H24N2O/c1-2-3-10-18(11-12-19)14-16-7-4-6-15(13-16)8-5-9-17/h4,6-7,13,19H,2-3,9-12,14,17H2,1H3.